The SMILES string of the molecule is CS(=O)(=O)N(Cc1ccccc1)c1ccc(-c2nc(C(=O)O)cc3c2[nH]c2ccccc23)cc1. The summed E-state index contributed by atoms with van der Waals surface area (Å²) in [6, 6.07) is 25.5. The fourth-order valence-corrected chi connectivity index (χ4v) is 4.99. The molecule has 0 fully saturated rings. The Hall–Kier alpha value is -4.17. The number of sulfonamides is 1. The monoisotopic (exact) mass is 471 g/mol. The van der Waals surface area contributed by atoms with Crippen molar-refractivity contribution >= 4 is 43.5 Å². The van der Waals surface area contributed by atoms with Crippen LogP contribution in [-0.2, 0) is 16.6 Å². The van der Waals surface area contributed by atoms with E-state index in [-0.39, 0.29) is 12.2 Å². The van der Waals surface area contributed by atoms with E-state index in [2.05, 4.69) is 9.97 Å². The van der Waals surface area contributed by atoms with E-state index in [9.17, 15) is 18.3 Å². The van der Waals surface area contributed by atoms with Crippen LogP contribution in [-0.4, -0.2) is 35.7 Å². The highest BCUT2D eigenvalue weighted by molar-refractivity contribution is 7.92. The quantitative estimate of drug-likeness (QED) is 0.361. The number of pyridine rings is 1. The van der Waals surface area contributed by atoms with E-state index in [0.29, 0.717) is 16.9 Å². The van der Waals surface area contributed by atoms with Gasteiger partial charge in [0.05, 0.1) is 29.7 Å². The number of H-pyrrole nitrogens is 1. The molecule has 5 rings (SSSR count). The maximum absolute atomic E-state index is 12.5. The molecule has 8 heteroatoms. The van der Waals surface area contributed by atoms with E-state index in [1.807, 2.05) is 54.6 Å². The molecule has 0 aliphatic rings. The van der Waals surface area contributed by atoms with Crippen LogP contribution < -0.4 is 4.31 Å². The van der Waals surface area contributed by atoms with E-state index in [1.54, 1.807) is 30.3 Å². The topological polar surface area (TPSA) is 103 Å². The fourth-order valence-electron chi connectivity index (χ4n) is 4.10. The summed E-state index contributed by atoms with van der Waals surface area (Å²) in [6.07, 6.45) is 1.18. The molecule has 0 radical (unpaired) electrons. The highest BCUT2D eigenvalue weighted by atomic mass is 32.2. The van der Waals surface area contributed by atoms with E-state index in [0.717, 1.165) is 27.4 Å². The zero-order valence-corrected chi connectivity index (χ0v) is 19.1. The van der Waals surface area contributed by atoms with Crippen LogP contribution in [0, 0.1) is 0 Å². The van der Waals surface area contributed by atoms with E-state index in [1.165, 1.54) is 10.6 Å². The van der Waals surface area contributed by atoms with Crippen LogP contribution in [0.3, 0.4) is 0 Å². The number of nitrogens with zero attached hydrogens (tertiary/aromatic N) is 2. The summed E-state index contributed by atoms with van der Waals surface area (Å²) < 4.78 is 26.4. The lowest BCUT2D eigenvalue weighted by Gasteiger charge is -2.23. The minimum atomic E-state index is -3.53. The van der Waals surface area contributed by atoms with Crippen molar-refractivity contribution in [1.82, 2.24) is 9.97 Å². The second kappa shape index (κ2) is 8.31. The van der Waals surface area contributed by atoms with E-state index >= 15 is 0 Å². The van der Waals surface area contributed by atoms with Crippen molar-refractivity contribution in [2.45, 2.75) is 6.54 Å². The third kappa shape index (κ3) is 3.99. The van der Waals surface area contributed by atoms with Crippen molar-refractivity contribution in [1.29, 1.82) is 0 Å². The van der Waals surface area contributed by atoms with Crippen molar-refractivity contribution < 1.29 is 18.3 Å². The number of hydrogen-bond acceptors (Lipinski definition) is 4. The van der Waals surface area contributed by atoms with Crippen LogP contribution in [0.5, 0.6) is 0 Å². The standard InChI is InChI=1S/C26H21N3O4S/c1-34(32,33)29(16-17-7-3-2-4-8-17)19-13-11-18(12-14-19)24-25-21(15-23(28-24)26(30)31)20-9-5-6-10-22(20)27-25/h2-15,27H,16H2,1H3,(H,30,31). The molecule has 0 bridgehead atoms. The maximum atomic E-state index is 12.5. The Morgan fingerprint density at radius 2 is 1.62 bits per heavy atom. The number of rotatable bonds is 6. The van der Waals surface area contributed by atoms with Crippen molar-refractivity contribution in [3.63, 3.8) is 0 Å². The second-order valence-electron chi connectivity index (χ2n) is 8.06. The Balaban J connectivity index is 1.61. The molecule has 170 valence electrons. The number of carboxylic acid groups (broad SMARTS) is 1. The number of nitrogens with one attached hydrogen (secondary N) is 1. The average molecular weight is 472 g/mol. The molecule has 0 aliphatic heterocycles. The minimum absolute atomic E-state index is 0.0573. The van der Waals surface area contributed by atoms with Gasteiger partial charge in [-0.15, -0.1) is 0 Å². The third-order valence-corrected chi connectivity index (χ3v) is 6.85. The number of benzene rings is 3. The number of carbonyl (C=O) groups is 1. The molecule has 0 amide bonds. The summed E-state index contributed by atoms with van der Waals surface area (Å²) >= 11 is 0. The molecule has 2 heterocycles. The summed E-state index contributed by atoms with van der Waals surface area (Å²) in [7, 11) is -3.53. The Morgan fingerprint density at radius 3 is 2.29 bits per heavy atom. The first-order valence-electron chi connectivity index (χ1n) is 10.6. The van der Waals surface area contributed by atoms with Crippen molar-refractivity contribution in [2.75, 3.05) is 10.6 Å². The summed E-state index contributed by atoms with van der Waals surface area (Å²) in [4.78, 5) is 19.5. The highest BCUT2D eigenvalue weighted by Crippen LogP contribution is 2.34. The highest BCUT2D eigenvalue weighted by Gasteiger charge is 2.20. The lowest BCUT2D eigenvalue weighted by molar-refractivity contribution is 0.0691. The Kier molecular flexibility index (Phi) is 5.30. The average Bonchev–Trinajstić information content (AvgIpc) is 3.21. The van der Waals surface area contributed by atoms with Crippen molar-refractivity contribution in [3.8, 4) is 11.3 Å². The van der Waals surface area contributed by atoms with Crippen LogP contribution in [0.4, 0.5) is 5.69 Å². The number of aromatic amines is 1. The molecule has 2 aromatic heterocycles. The largest absolute Gasteiger partial charge is 0.477 e. The van der Waals surface area contributed by atoms with E-state index in [4.69, 9.17) is 0 Å². The minimum Gasteiger partial charge on any atom is -0.477 e. The first-order valence-corrected chi connectivity index (χ1v) is 12.4. The Labute approximate surface area is 196 Å². The van der Waals surface area contributed by atoms with Crippen LogP contribution in [0.15, 0.2) is 84.9 Å². The molecular formula is C26H21N3O4S. The van der Waals surface area contributed by atoms with Crippen LogP contribution in [0.1, 0.15) is 16.1 Å². The molecule has 0 saturated carbocycles. The van der Waals surface area contributed by atoms with Gasteiger partial charge in [0.15, 0.2) is 0 Å². The molecule has 34 heavy (non-hydrogen) atoms. The first-order chi connectivity index (χ1) is 16.3. The number of aromatic carboxylic acids is 1. The fraction of sp³-hybridized carbons (Fsp3) is 0.0769. The first kappa shape index (κ1) is 21.7. The predicted molar refractivity (Wildman–Crippen MR) is 133 cm³/mol. The van der Waals surface area contributed by atoms with Gasteiger partial charge in [-0.05, 0) is 29.8 Å². The van der Waals surface area contributed by atoms with Gasteiger partial charge in [0, 0.05) is 21.9 Å². The molecule has 0 saturated heterocycles. The smallest absolute Gasteiger partial charge is 0.354 e. The van der Waals surface area contributed by atoms with Crippen LogP contribution in [0.25, 0.3) is 33.1 Å². The van der Waals surface area contributed by atoms with E-state index < -0.39 is 16.0 Å². The second-order valence-corrected chi connectivity index (χ2v) is 9.96. The summed E-state index contributed by atoms with van der Waals surface area (Å²) in [5, 5.41) is 11.3. The zero-order valence-electron chi connectivity index (χ0n) is 18.3. The summed E-state index contributed by atoms with van der Waals surface area (Å²) in [6.45, 7) is 0.206. The molecular weight excluding hydrogens is 450 g/mol. The molecule has 3 aromatic carbocycles. The number of aromatic nitrogens is 2. The number of hydrogen-bond donors (Lipinski definition) is 2. The van der Waals surface area contributed by atoms with Crippen molar-refractivity contribution in [3.05, 3.63) is 96.2 Å². The summed E-state index contributed by atoms with van der Waals surface area (Å²) in [5.41, 5.74) is 4.10. The van der Waals surface area contributed by atoms with Gasteiger partial charge in [-0.2, -0.15) is 0 Å². The van der Waals surface area contributed by atoms with Crippen LogP contribution in [0.2, 0.25) is 0 Å². The van der Waals surface area contributed by atoms with Crippen molar-refractivity contribution in [2.24, 2.45) is 0 Å². The summed E-state index contributed by atoms with van der Waals surface area (Å²) in [5.74, 6) is -1.11. The van der Waals surface area contributed by atoms with Crippen LogP contribution >= 0.6 is 0 Å². The number of carboxylic acids is 1. The molecule has 0 atom stereocenters. The Morgan fingerprint density at radius 1 is 0.941 bits per heavy atom. The molecule has 0 spiro atoms. The number of anilines is 1. The number of fused-ring (bicyclic) bond motifs is 3. The third-order valence-electron chi connectivity index (χ3n) is 5.71. The van der Waals surface area contributed by atoms with Gasteiger partial charge in [0.2, 0.25) is 10.0 Å². The van der Waals surface area contributed by atoms with Gasteiger partial charge in [-0.1, -0.05) is 60.7 Å². The van der Waals surface area contributed by atoms with Gasteiger partial charge < -0.3 is 10.1 Å². The molecule has 5 aromatic rings. The lowest BCUT2D eigenvalue weighted by Crippen LogP contribution is -2.29. The lowest BCUT2D eigenvalue weighted by atomic mass is 10.1. The van der Waals surface area contributed by atoms with Gasteiger partial charge in [-0.25, -0.2) is 18.2 Å². The zero-order chi connectivity index (χ0) is 23.9. The Bertz CT molecular complexity index is 1630. The van der Waals surface area contributed by atoms with Gasteiger partial charge in [0.1, 0.15) is 5.69 Å². The molecule has 2 N–H and O–H groups in total. The molecule has 0 aliphatic carbocycles. The normalized spacial score (nSPS) is 11.7. The van der Waals surface area contributed by atoms with Gasteiger partial charge in [-0.3, -0.25) is 4.31 Å². The van der Waals surface area contributed by atoms with Gasteiger partial charge in [0.25, 0.3) is 0 Å². The number of para-hydroxylation sites is 1. The molecule has 7 nitrogen and oxygen atoms in total. The maximum Gasteiger partial charge on any atom is 0.354 e. The predicted octanol–water partition coefficient (Wildman–Crippen LogP) is 5.05. The van der Waals surface area contributed by atoms with Gasteiger partial charge >= 0.3 is 5.97 Å². The molecule has 0 unspecified atom stereocenters.